The van der Waals surface area contributed by atoms with E-state index in [9.17, 15) is 0 Å². The maximum absolute atomic E-state index is 5.53. The van der Waals surface area contributed by atoms with Gasteiger partial charge in [-0.2, -0.15) is 4.37 Å². The highest BCUT2D eigenvalue weighted by Crippen LogP contribution is 2.17. The summed E-state index contributed by atoms with van der Waals surface area (Å²) in [5.41, 5.74) is 8.05. The predicted octanol–water partition coefficient (Wildman–Crippen LogP) is 1.83. The van der Waals surface area contributed by atoms with Crippen molar-refractivity contribution < 1.29 is 0 Å². The number of hydrogen-bond donors (Lipinski definition) is 1. The minimum absolute atomic E-state index is 0.628. The number of rotatable bonds is 5. The number of aromatic nitrogens is 2. The van der Waals surface area contributed by atoms with E-state index in [4.69, 9.17) is 5.73 Å². The number of nitrogens with zero attached hydrogens (tertiary/aromatic N) is 3. The number of benzene rings is 1. The van der Waals surface area contributed by atoms with Crippen LogP contribution in [0.4, 0.5) is 5.13 Å². The van der Waals surface area contributed by atoms with Gasteiger partial charge in [-0.25, -0.2) is 4.98 Å². The lowest BCUT2D eigenvalue weighted by molar-refractivity contribution is 0.873. The van der Waals surface area contributed by atoms with Gasteiger partial charge in [0.1, 0.15) is 5.82 Å². The zero-order chi connectivity index (χ0) is 13.0. The molecule has 0 radical (unpaired) electrons. The summed E-state index contributed by atoms with van der Waals surface area (Å²) >= 11 is 1.43. The van der Waals surface area contributed by atoms with Gasteiger partial charge in [-0.1, -0.05) is 29.8 Å². The Bertz CT molecular complexity index is 509. The van der Waals surface area contributed by atoms with Gasteiger partial charge in [0, 0.05) is 38.1 Å². The largest absolute Gasteiger partial charge is 0.349 e. The third kappa shape index (κ3) is 3.27. The molecule has 1 heterocycles. The van der Waals surface area contributed by atoms with Crippen LogP contribution in [-0.2, 0) is 6.42 Å². The molecule has 0 amide bonds. The van der Waals surface area contributed by atoms with Crippen LogP contribution in [0.5, 0.6) is 0 Å². The zero-order valence-electron chi connectivity index (χ0n) is 10.8. The van der Waals surface area contributed by atoms with E-state index in [1.165, 1.54) is 22.7 Å². The first-order chi connectivity index (χ1) is 8.69. The Kier molecular flexibility index (Phi) is 4.28. The second-order valence-electron chi connectivity index (χ2n) is 4.37. The summed E-state index contributed by atoms with van der Waals surface area (Å²) in [6.07, 6.45) is 0.786. The molecule has 0 atom stereocenters. The summed E-state index contributed by atoms with van der Waals surface area (Å²) in [4.78, 5) is 6.57. The molecule has 18 heavy (non-hydrogen) atoms. The van der Waals surface area contributed by atoms with Crippen LogP contribution in [0.25, 0.3) is 0 Å². The van der Waals surface area contributed by atoms with Crippen molar-refractivity contribution in [3.05, 3.63) is 41.2 Å². The van der Waals surface area contributed by atoms with Gasteiger partial charge in [-0.05, 0) is 12.5 Å². The molecule has 5 heteroatoms. The Morgan fingerprint density at radius 2 is 2.22 bits per heavy atom. The van der Waals surface area contributed by atoms with Crippen LogP contribution in [0.2, 0.25) is 0 Å². The number of nitrogens with two attached hydrogens (primary N) is 1. The summed E-state index contributed by atoms with van der Waals surface area (Å²) in [5, 5.41) is 0.933. The lowest BCUT2D eigenvalue weighted by atomic mass is 10.1. The maximum atomic E-state index is 5.53. The molecule has 4 nitrogen and oxygen atoms in total. The topological polar surface area (TPSA) is 55.0 Å². The average molecular weight is 262 g/mol. The third-order valence-corrected chi connectivity index (χ3v) is 3.56. The van der Waals surface area contributed by atoms with Crippen molar-refractivity contribution >= 4 is 16.7 Å². The smallest absolute Gasteiger partial charge is 0.204 e. The summed E-state index contributed by atoms with van der Waals surface area (Å²) in [7, 11) is 1.99. The second-order valence-corrected chi connectivity index (χ2v) is 5.10. The molecular weight excluding hydrogens is 244 g/mol. The molecule has 0 aliphatic carbocycles. The molecule has 0 aliphatic heterocycles. The van der Waals surface area contributed by atoms with Crippen LogP contribution in [0.3, 0.4) is 0 Å². The summed E-state index contributed by atoms with van der Waals surface area (Å²) in [5.74, 6) is 0.879. The first-order valence-electron chi connectivity index (χ1n) is 5.98. The van der Waals surface area contributed by atoms with Gasteiger partial charge in [-0.15, -0.1) is 0 Å². The first-order valence-corrected chi connectivity index (χ1v) is 6.75. The van der Waals surface area contributed by atoms with E-state index in [1.807, 2.05) is 11.9 Å². The van der Waals surface area contributed by atoms with E-state index in [1.54, 1.807) is 0 Å². The van der Waals surface area contributed by atoms with Crippen molar-refractivity contribution in [1.82, 2.24) is 9.36 Å². The van der Waals surface area contributed by atoms with Crippen LogP contribution >= 0.6 is 11.5 Å². The van der Waals surface area contributed by atoms with Crippen LogP contribution in [0, 0.1) is 6.92 Å². The van der Waals surface area contributed by atoms with Gasteiger partial charge in [0.2, 0.25) is 5.13 Å². The summed E-state index contributed by atoms with van der Waals surface area (Å²) < 4.78 is 4.39. The lowest BCUT2D eigenvalue weighted by Gasteiger charge is -2.12. The zero-order valence-corrected chi connectivity index (χ0v) is 11.6. The minimum atomic E-state index is 0.628. The Labute approximate surface area is 112 Å². The first kappa shape index (κ1) is 13.0. The van der Waals surface area contributed by atoms with Gasteiger partial charge in [0.05, 0.1) is 0 Å². The fourth-order valence-corrected chi connectivity index (χ4v) is 2.43. The van der Waals surface area contributed by atoms with Gasteiger partial charge in [-0.3, -0.25) is 0 Å². The minimum Gasteiger partial charge on any atom is -0.349 e. The molecule has 96 valence electrons. The van der Waals surface area contributed by atoms with E-state index >= 15 is 0 Å². The number of hydrogen-bond acceptors (Lipinski definition) is 5. The fourth-order valence-electron chi connectivity index (χ4n) is 1.77. The van der Waals surface area contributed by atoms with E-state index in [-0.39, 0.29) is 0 Å². The van der Waals surface area contributed by atoms with E-state index < -0.39 is 0 Å². The standard InChI is InChI=1S/C13H18N4S/c1-10-4-3-5-11(8-10)9-12-15-13(18-16-12)17(2)7-6-14/h3-5,8H,6-7,9,14H2,1-2H3. The summed E-state index contributed by atoms with van der Waals surface area (Å²) in [6.45, 7) is 3.53. The van der Waals surface area contributed by atoms with E-state index in [0.29, 0.717) is 6.54 Å². The molecule has 0 saturated carbocycles. The number of likely N-dealkylation sites (N-methyl/N-ethyl adjacent to an activating group) is 1. The Balaban J connectivity index is 2.06. The summed E-state index contributed by atoms with van der Waals surface area (Å²) in [6, 6.07) is 8.44. The third-order valence-electron chi connectivity index (χ3n) is 2.69. The molecule has 0 unspecified atom stereocenters. The van der Waals surface area contributed by atoms with Crippen LogP contribution < -0.4 is 10.6 Å². The van der Waals surface area contributed by atoms with Gasteiger partial charge < -0.3 is 10.6 Å². The molecule has 0 saturated heterocycles. The van der Waals surface area contributed by atoms with E-state index in [2.05, 4.69) is 40.5 Å². The average Bonchev–Trinajstić information content (AvgIpc) is 2.78. The molecule has 0 spiro atoms. The highest BCUT2D eigenvalue weighted by Gasteiger charge is 2.08. The molecule has 2 N–H and O–H groups in total. The molecule has 0 bridgehead atoms. The van der Waals surface area contributed by atoms with Crippen molar-refractivity contribution in [2.75, 3.05) is 25.0 Å². The van der Waals surface area contributed by atoms with Crippen molar-refractivity contribution in [2.45, 2.75) is 13.3 Å². The van der Waals surface area contributed by atoms with Gasteiger partial charge in [0.15, 0.2) is 0 Å². The monoisotopic (exact) mass is 262 g/mol. The normalized spacial score (nSPS) is 10.6. The van der Waals surface area contributed by atoms with Crippen LogP contribution in [0.1, 0.15) is 17.0 Å². The van der Waals surface area contributed by atoms with Crippen molar-refractivity contribution in [1.29, 1.82) is 0 Å². The highest BCUT2D eigenvalue weighted by atomic mass is 32.1. The Hall–Kier alpha value is -1.46. The molecular formula is C13H18N4S. The Morgan fingerprint density at radius 1 is 1.39 bits per heavy atom. The van der Waals surface area contributed by atoms with Gasteiger partial charge >= 0.3 is 0 Å². The SMILES string of the molecule is Cc1cccc(Cc2nsc(N(C)CCN)n2)c1. The van der Waals surface area contributed by atoms with Gasteiger partial charge in [0.25, 0.3) is 0 Å². The molecule has 2 rings (SSSR count). The predicted molar refractivity (Wildman–Crippen MR) is 76.2 cm³/mol. The molecule has 2 aromatic rings. The molecule has 1 aromatic heterocycles. The number of aryl methyl sites for hydroxylation is 1. The molecule has 0 fully saturated rings. The van der Waals surface area contributed by atoms with Crippen LogP contribution in [-0.4, -0.2) is 29.5 Å². The van der Waals surface area contributed by atoms with Crippen molar-refractivity contribution in [3.63, 3.8) is 0 Å². The fraction of sp³-hybridized carbons (Fsp3) is 0.385. The quantitative estimate of drug-likeness (QED) is 0.893. The maximum Gasteiger partial charge on any atom is 0.204 e. The number of anilines is 1. The second kappa shape index (κ2) is 5.93. The molecule has 0 aliphatic rings. The highest BCUT2D eigenvalue weighted by molar-refractivity contribution is 7.09. The molecule has 1 aromatic carbocycles. The lowest BCUT2D eigenvalue weighted by Crippen LogP contribution is -2.24. The van der Waals surface area contributed by atoms with E-state index in [0.717, 1.165) is 23.9 Å². The van der Waals surface area contributed by atoms with Crippen molar-refractivity contribution in [2.24, 2.45) is 5.73 Å². The Morgan fingerprint density at radius 3 is 2.94 bits per heavy atom. The van der Waals surface area contributed by atoms with Crippen molar-refractivity contribution in [3.8, 4) is 0 Å². The van der Waals surface area contributed by atoms with Crippen LogP contribution in [0.15, 0.2) is 24.3 Å².